The third kappa shape index (κ3) is 2.99. The highest BCUT2D eigenvalue weighted by molar-refractivity contribution is 5.78. The SMILES string of the molecule is CC(CC[O])C(=O)N1CCCCC1. The fourth-order valence-corrected chi connectivity index (χ4v) is 1.73. The van der Waals surface area contributed by atoms with Crippen molar-refractivity contribution >= 4 is 5.91 Å². The van der Waals surface area contributed by atoms with Crippen LogP contribution in [0.25, 0.3) is 0 Å². The van der Waals surface area contributed by atoms with E-state index in [1.54, 1.807) is 0 Å². The molecule has 0 bridgehead atoms. The van der Waals surface area contributed by atoms with Crippen molar-refractivity contribution in [1.82, 2.24) is 4.90 Å². The molecule has 1 fully saturated rings. The molecule has 3 heteroatoms. The summed E-state index contributed by atoms with van der Waals surface area (Å²) < 4.78 is 0. The summed E-state index contributed by atoms with van der Waals surface area (Å²) in [4.78, 5) is 13.6. The molecule has 1 amide bonds. The molecule has 1 saturated heterocycles. The number of hydrogen-bond acceptors (Lipinski definition) is 1. The normalized spacial score (nSPS) is 20.0. The van der Waals surface area contributed by atoms with E-state index in [9.17, 15) is 9.90 Å². The molecule has 0 aliphatic carbocycles. The molecule has 0 aromatic heterocycles. The predicted molar refractivity (Wildman–Crippen MR) is 49.8 cm³/mol. The maximum absolute atomic E-state index is 11.7. The number of likely N-dealkylation sites (tertiary alicyclic amines) is 1. The minimum atomic E-state index is -0.138. The fourth-order valence-electron chi connectivity index (χ4n) is 1.73. The summed E-state index contributed by atoms with van der Waals surface area (Å²) in [6.07, 6.45) is 3.96. The Morgan fingerprint density at radius 2 is 1.92 bits per heavy atom. The van der Waals surface area contributed by atoms with Crippen molar-refractivity contribution in [3.05, 3.63) is 0 Å². The van der Waals surface area contributed by atoms with E-state index >= 15 is 0 Å². The zero-order valence-corrected chi connectivity index (χ0v) is 8.29. The van der Waals surface area contributed by atoms with E-state index in [1.807, 2.05) is 11.8 Å². The fraction of sp³-hybridized carbons (Fsp3) is 0.900. The van der Waals surface area contributed by atoms with Crippen LogP contribution >= 0.6 is 0 Å². The molecule has 1 rings (SSSR count). The molecular formula is C10H18NO2. The van der Waals surface area contributed by atoms with Gasteiger partial charge in [-0.15, -0.1) is 0 Å². The smallest absolute Gasteiger partial charge is 0.225 e. The Balaban J connectivity index is 2.36. The molecule has 1 heterocycles. The average Bonchev–Trinajstić information content (AvgIpc) is 2.18. The molecular weight excluding hydrogens is 166 g/mol. The van der Waals surface area contributed by atoms with Gasteiger partial charge in [0.05, 0.1) is 6.61 Å². The van der Waals surface area contributed by atoms with Gasteiger partial charge in [-0.25, -0.2) is 5.11 Å². The molecule has 0 spiro atoms. The number of hydrogen-bond donors (Lipinski definition) is 0. The number of carbonyl (C=O) groups is 1. The van der Waals surface area contributed by atoms with Gasteiger partial charge in [0.15, 0.2) is 0 Å². The molecule has 1 radical (unpaired) electrons. The lowest BCUT2D eigenvalue weighted by molar-refractivity contribution is -0.136. The van der Waals surface area contributed by atoms with E-state index in [0.29, 0.717) is 6.42 Å². The second-order valence-corrected chi connectivity index (χ2v) is 3.78. The highest BCUT2D eigenvalue weighted by Crippen LogP contribution is 2.13. The Kier molecular flexibility index (Phi) is 4.22. The number of nitrogens with zero attached hydrogens (tertiary/aromatic N) is 1. The Morgan fingerprint density at radius 3 is 2.46 bits per heavy atom. The summed E-state index contributed by atoms with van der Waals surface area (Å²) in [7, 11) is 0. The van der Waals surface area contributed by atoms with Crippen LogP contribution in [0.3, 0.4) is 0 Å². The highest BCUT2D eigenvalue weighted by Gasteiger charge is 2.21. The lowest BCUT2D eigenvalue weighted by Gasteiger charge is -2.28. The number of amides is 1. The van der Waals surface area contributed by atoms with Crippen LogP contribution < -0.4 is 0 Å². The van der Waals surface area contributed by atoms with Crippen LogP contribution in [0.1, 0.15) is 32.6 Å². The minimum Gasteiger partial charge on any atom is -0.342 e. The summed E-state index contributed by atoms with van der Waals surface area (Å²) in [5.74, 6) is 0.103. The van der Waals surface area contributed by atoms with Crippen molar-refractivity contribution in [2.45, 2.75) is 32.6 Å². The molecule has 1 aliphatic rings. The van der Waals surface area contributed by atoms with E-state index in [4.69, 9.17) is 0 Å². The first kappa shape index (κ1) is 10.5. The lowest BCUT2D eigenvalue weighted by Crippen LogP contribution is -2.39. The van der Waals surface area contributed by atoms with Crippen LogP contribution in [0, 0.1) is 5.92 Å². The van der Waals surface area contributed by atoms with E-state index < -0.39 is 0 Å². The van der Waals surface area contributed by atoms with Crippen molar-refractivity contribution in [3.8, 4) is 0 Å². The van der Waals surface area contributed by atoms with E-state index in [-0.39, 0.29) is 18.4 Å². The largest absolute Gasteiger partial charge is 0.342 e. The molecule has 3 nitrogen and oxygen atoms in total. The van der Waals surface area contributed by atoms with Crippen molar-refractivity contribution < 1.29 is 9.90 Å². The molecule has 1 atom stereocenters. The zero-order valence-electron chi connectivity index (χ0n) is 8.29. The molecule has 13 heavy (non-hydrogen) atoms. The maximum atomic E-state index is 11.7. The standard InChI is InChI=1S/C10H18NO2/c1-9(5-8-12)10(13)11-6-3-2-4-7-11/h9H,2-8H2,1H3. The van der Waals surface area contributed by atoms with Crippen LogP contribution in [0.5, 0.6) is 0 Å². The van der Waals surface area contributed by atoms with Gasteiger partial charge in [-0.05, 0) is 25.7 Å². The summed E-state index contributed by atoms with van der Waals surface area (Å²) in [5, 5.41) is 10.4. The quantitative estimate of drug-likeness (QED) is 0.654. The maximum Gasteiger partial charge on any atom is 0.225 e. The monoisotopic (exact) mass is 184 g/mol. The van der Waals surface area contributed by atoms with E-state index in [2.05, 4.69) is 0 Å². The van der Waals surface area contributed by atoms with Gasteiger partial charge in [0.2, 0.25) is 5.91 Å². The van der Waals surface area contributed by atoms with Gasteiger partial charge in [0.25, 0.3) is 0 Å². The van der Waals surface area contributed by atoms with Crippen molar-refractivity contribution in [2.24, 2.45) is 5.92 Å². The van der Waals surface area contributed by atoms with Gasteiger partial charge >= 0.3 is 0 Å². The second-order valence-electron chi connectivity index (χ2n) is 3.78. The van der Waals surface area contributed by atoms with Crippen LogP contribution in [0.2, 0.25) is 0 Å². The second kappa shape index (κ2) is 5.22. The van der Waals surface area contributed by atoms with Crippen LogP contribution in [-0.4, -0.2) is 30.5 Å². The topological polar surface area (TPSA) is 40.2 Å². The predicted octanol–water partition coefficient (Wildman–Crippen LogP) is 1.46. The average molecular weight is 184 g/mol. The molecule has 1 aliphatic heterocycles. The van der Waals surface area contributed by atoms with Gasteiger partial charge in [-0.3, -0.25) is 4.79 Å². The summed E-state index contributed by atoms with van der Waals surface area (Å²) in [6, 6.07) is 0. The third-order valence-corrected chi connectivity index (χ3v) is 2.64. The lowest BCUT2D eigenvalue weighted by atomic mass is 10.0. The van der Waals surface area contributed by atoms with Crippen LogP contribution in [-0.2, 0) is 9.90 Å². The molecule has 75 valence electrons. The molecule has 0 aromatic rings. The highest BCUT2D eigenvalue weighted by atomic mass is 16.3. The van der Waals surface area contributed by atoms with Gasteiger partial charge in [0.1, 0.15) is 0 Å². The number of carbonyl (C=O) groups excluding carboxylic acids is 1. The summed E-state index contributed by atoms with van der Waals surface area (Å²) >= 11 is 0. The molecule has 1 unspecified atom stereocenters. The Bertz CT molecular complexity index is 164. The molecule has 0 aromatic carbocycles. The first-order chi connectivity index (χ1) is 6.25. The number of piperidine rings is 1. The first-order valence-corrected chi connectivity index (χ1v) is 5.12. The van der Waals surface area contributed by atoms with E-state index in [1.165, 1.54) is 6.42 Å². The Hall–Kier alpha value is -0.570. The molecule has 0 N–H and O–H groups in total. The summed E-state index contributed by atoms with van der Waals surface area (Å²) in [5.41, 5.74) is 0. The third-order valence-electron chi connectivity index (χ3n) is 2.64. The first-order valence-electron chi connectivity index (χ1n) is 5.12. The van der Waals surface area contributed by atoms with Gasteiger partial charge < -0.3 is 4.90 Å². The van der Waals surface area contributed by atoms with Crippen molar-refractivity contribution in [2.75, 3.05) is 19.7 Å². The van der Waals surface area contributed by atoms with Crippen molar-refractivity contribution in [3.63, 3.8) is 0 Å². The van der Waals surface area contributed by atoms with Crippen LogP contribution in [0.15, 0.2) is 0 Å². The zero-order chi connectivity index (χ0) is 9.68. The number of rotatable bonds is 3. The van der Waals surface area contributed by atoms with Crippen molar-refractivity contribution in [1.29, 1.82) is 0 Å². The van der Waals surface area contributed by atoms with Gasteiger partial charge in [-0.1, -0.05) is 6.92 Å². The van der Waals surface area contributed by atoms with Crippen LogP contribution in [0.4, 0.5) is 0 Å². The minimum absolute atomic E-state index is 0.0735. The van der Waals surface area contributed by atoms with E-state index in [0.717, 1.165) is 25.9 Å². The van der Waals surface area contributed by atoms with Gasteiger partial charge in [-0.2, -0.15) is 0 Å². The molecule has 0 saturated carbocycles. The van der Waals surface area contributed by atoms with Gasteiger partial charge in [0, 0.05) is 19.0 Å². The summed E-state index contributed by atoms with van der Waals surface area (Å²) in [6.45, 7) is 3.50. The Morgan fingerprint density at radius 1 is 1.31 bits per heavy atom. The Labute approximate surface area is 79.7 Å².